The minimum Gasteiger partial charge on any atom is -0.383 e. The molecule has 2 aromatic carbocycles. The second-order valence-electron chi connectivity index (χ2n) is 9.29. The van der Waals surface area contributed by atoms with Crippen LogP contribution in [0.2, 0.25) is 0 Å². The topological polar surface area (TPSA) is 103 Å². The van der Waals surface area contributed by atoms with Gasteiger partial charge in [0.25, 0.3) is 0 Å². The SMILES string of the molecule is COCCN1CCC(c2ccc(F)cc2)C1.Cc1c(-c2cnn(C)c2)nn(-c2ccccc2)c1NC(N)=O. The fraction of sp³-hybridized carbons (Fsp3) is 0.321. The molecule has 3 heterocycles. The van der Waals surface area contributed by atoms with Gasteiger partial charge in [0.15, 0.2) is 0 Å². The second kappa shape index (κ2) is 12.5. The largest absolute Gasteiger partial charge is 0.383 e. The summed E-state index contributed by atoms with van der Waals surface area (Å²) in [7, 11) is 3.57. The molecule has 4 aromatic rings. The molecule has 0 radical (unpaired) electrons. The Labute approximate surface area is 222 Å². The van der Waals surface area contributed by atoms with Gasteiger partial charge in [0.2, 0.25) is 0 Å². The van der Waals surface area contributed by atoms with Crippen LogP contribution in [-0.2, 0) is 11.8 Å². The van der Waals surface area contributed by atoms with Crippen LogP contribution in [-0.4, -0.2) is 63.8 Å². The fourth-order valence-electron chi connectivity index (χ4n) is 4.60. The Morgan fingerprint density at radius 3 is 2.55 bits per heavy atom. The summed E-state index contributed by atoms with van der Waals surface area (Å²) in [5.74, 6) is 0.952. The Morgan fingerprint density at radius 1 is 1.18 bits per heavy atom. The number of ether oxygens (including phenoxy) is 1. The van der Waals surface area contributed by atoms with Crippen molar-refractivity contribution in [1.29, 1.82) is 0 Å². The van der Waals surface area contributed by atoms with E-state index in [1.807, 2.05) is 62.6 Å². The number of methoxy groups -OCH3 is 1. The molecule has 0 spiro atoms. The van der Waals surface area contributed by atoms with Gasteiger partial charge in [-0.15, -0.1) is 0 Å². The number of aryl methyl sites for hydroxylation is 1. The van der Waals surface area contributed by atoms with Gasteiger partial charge in [0, 0.05) is 44.6 Å². The van der Waals surface area contributed by atoms with Crippen molar-refractivity contribution >= 4 is 11.8 Å². The number of carbonyl (C=O) groups excluding carboxylic acids is 1. The van der Waals surface area contributed by atoms with Crippen molar-refractivity contribution < 1.29 is 13.9 Å². The average molecular weight is 520 g/mol. The highest BCUT2D eigenvalue weighted by Crippen LogP contribution is 2.30. The number of benzene rings is 2. The van der Waals surface area contributed by atoms with E-state index in [1.165, 1.54) is 5.56 Å². The number of primary amides is 1. The Kier molecular flexibility index (Phi) is 8.88. The second-order valence-corrected chi connectivity index (χ2v) is 9.29. The van der Waals surface area contributed by atoms with E-state index < -0.39 is 6.03 Å². The number of carbonyl (C=O) groups is 1. The third-order valence-electron chi connectivity index (χ3n) is 6.57. The first-order chi connectivity index (χ1) is 18.4. The van der Waals surface area contributed by atoms with Crippen molar-refractivity contribution in [2.75, 3.05) is 38.7 Å². The summed E-state index contributed by atoms with van der Waals surface area (Å²) in [5, 5.41) is 11.4. The van der Waals surface area contributed by atoms with Gasteiger partial charge in [0.05, 0.1) is 18.5 Å². The predicted octanol–water partition coefficient (Wildman–Crippen LogP) is 4.33. The average Bonchev–Trinajstić information content (AvgIpc) is 3.64. The van der Waals surface area contributed by atoms with Crippen LogP contribution in [0.3, 0.4) is 0 Å². The molecule has 1 saturated heterocycles. The number of halogens is 1. The minimum absolute atomic E-state index is 0.155. The molecule has 0 bridgehead atoms. The maximum atomic E-state index is 12.8. The van der Waals surface area contributed by atoms with Crippen LogP contribution in [0.15, 0.2) is 67.0 Å². The van der Waals surface area contributed by atoms with E-state index in [-0.39, 0.29) is 5.82 Å². The van der Waals surface area contributed by atoms with E-state index >= 15 is 0 Å². The number of aromatic nitrogens is 4. The molecule has 1 aliphatic heterocycles. The Bertz CT molecular complexity index is 1340. The Hall–Kier alpha value is -4.02. The molecule has 2 amide bonds. The van der Waals surface area contributed by atoms with Crippen LogP contribution in [0, 0.1) is 12.7 Å². The molecular formula is C28H34FN7O2. The first-order valence-electron chi connectivity index (χ1n) is 12.5. The number of amides is 2. The van der Waals surface area contributed by atoms with Crippen LogP contribution >= 0.6 is 0 Å². The van der Waals surface area contributed by atoms with Crippen molar-refractivity contribution in [3.05, 3.63) is 83.9 Å². The van der Waals surface area contributed by atoms with E-state index in [0.29, 0.717) is 11.7 Å². The summed E-state index contributed by atoms with van der Waals surface area (Å²) in [4.78, 5) is 13.7. The normalized spacial score (nSPS) is 15.2. The third kappa shape index (κ3) is 6.64. The van der Waals surface area contributed by atoms with Gasteiger partial charge in [-0.1, -0.05) is 30.3 Å². The lowest BCUT2D eigenvalue weighted by molar-refractivity contribution is 0.160. The number of likely N-dealkylation sites (tertiary alicyclic amines) is 1. The summed E-state index contributed by atoms with van der Waals surface area (Å²) < 4.78 is 21.2. The van der Waals surface area contributed by atoms with Gasteiger partial charge in [-0.05, 0) is 55.6 Å². The van der Waals surface area contributed by atoms with Gasteiger partial charge in [-0.25, -0.2) is 13.9 Å². The van der Waals surface area contributed by atoms with Crippen LogP contribution < -0.4 is 11.1 Å². The van der Waals surface area contributed by atoms with Crippen molar-refractivity contribution in [2.45, 2.75) is 19.3 Å². The molecule has 0 aliphatic carbocycles. The van der Waals surface area contributed by atoms with Crippen molar-refractivity contribution in [3.8, 4) is 16.9 Å². The number of urea groups is 1. The molecule has 1 unspecified atom stereocenters. The minimum atomic E-state index is -0.627. The number of rotatable bonds is 7. The molecule has 3 N–H and O–H groups in total. The zero-order valence-electron chi connectivity index (χ0n) is 22.0. The van der Waals surface area contributed by atoms with E-state index in [1.54, 1.807) is 34.8 Å². The maximum absolute atomic E-state index is 12.8. The highest BCUT2D eigenvalue weighted by molar-refractivity contribution is 5.89. The standard InChI is InChI=1S/C15H16N6O.C13H18FNO/c1-10-13(11-8-17-20(2)9-11)19-21(14(10)18-15(16)22)12-6-4-3-5-7-12;1-16-9-8-15-7-6-12(10-15)11-2-4-13(14)5-3-11/h3-9H,1-2H3,(H3,16,18,22);2-5,12H,6-10H2,1H3. The third-order valence-corrected chi connectivity index (χ3v) is 6.57. The summed E-state index contributed by atoms with van der Waals surface area (Å²) in [5.41, 5.74) is 9.83. The van der Waals surface area contributed by atoms with Crippen LogP contribution in [0.25, 0.3) is 16.9 Å². The van der Waals surface area contributed by atoms with Gasteiger partial charge in [-0.2, -0.15) is 10.2 Å². The number of nitrogens with one attached hydrogen (secondary N) is 1. The molecule has 1 fully saturated rings. The zero-order valence-corrected chi connectivity index (χ0v) is 22.0. The molecule has 38 heavy (non-hydrogen) atoms. The number of para-hydroxylation sites is 1. The number of hydrogen-bond acceptors (Lipinski definition) is 5. The van der Waals surface area contributed by atoms with Gasteiger partial charge < -0.3 is 15.4 Å². The van der Waals surface area contributed by atoms with Crippen LogP contribution in [0.5, 0.6) is 0 Å². The van der Waals surface area contributed by atoms with Crippen LogP contribution in [0.4, 0.5) is 15.0 Å². The molecule has 1 aliphatic rings. The smallest absolute Gasteiger partial charge is 0.317 e. The van der Waals surface area contributed by atoms with Crippen molar-refractivity contribution in [1.82, 2.24) is 24.5 Å². The zero-order chi connectivity index (χ0) is 27.1. The number of anilines is 1. The summed E-state index contributed by atoms with van der Waals surface area (Å²) >= 11 is 0. The molecule has 10 heteroatoms. The van der Waals surface area contributed by atoms with Crippen LogP contribution in [0.1, 0.15) is 23.5 Å². The van der Waals surface area contributed by atoms with E-state index in [2.05, 4.69) is 20.4 Å². The lowest BCUT2D eigenvalue weighted by atomic mass is 9.99. The van der Waals surface area contributed by atoms with E-state index in [9.17, 15) is 9.18 Å². The molecule has 9 nitrogen and oxygen atoms in total. The fourth-order valence-corrected chi connectivity index (χ4v) is 4.60. The highest BCUT2D eigenvalue weighted by Gasteiger charge is 2.23. The van der Waals surface area contributed by atoms with Gasteiger partial charge >= 0.3 is 6.03 Å². The number of hydrogen-bond donors (Lipinski definition) is 2. The molecule has 200 valence electrons. The van der Waals surface area contributed by atoms with Crippen molar-refractivity contribution in [3.63, 3.8) is 0 Å². The molecule has 2 aromatic heterocycles. The molecule has 5 rings (SSSR count). The molecule has 1 atom stereocenters. The monoisotopic (exact) mass is 519 g/mol. The lowest BCUT2D eigenvalue weighted by Crippen LogP contribution is -2.24. The summed E-state index contributed by atoms with van der Waals surface area (Å²) in [6.07, 6.45) is 4.77. The summed E-state index contributed by atoms with van der Waals surface area (Å²) in [6, 6.07) is 15.8. The quantitative estimate of drug-likeness (QED) is 0.378. The van der Waals surface area contributed by atoms with E-state index in [0.717, 1.165) is 55.2 Å². The number of nitrogens with two attached hydrogens (primary N) is 1. The summed E-state index contributed by atoms with van der Waals surface area (Å²) in [6.45, 7) is 5.85. The first-order valence-corrected chi connectivity index (χ1v) is 12.5. The molecule has 0 saturated carbocycles. The highest BCUT2D eigenvalue weighted by atomic mass is 19.1. The first kappa shape index (κ1) is 27.0. The Morgan fingerprint density at radius 2 is 1.92 bits per heavy atom. The van der Waals surface area contributed by atoms with Gasteiger partial charge in [0.1, 0.15) is 17.3 Å². The number of nitrogens with zero attached hydrogens (tertiary/aromatic N) is 5. The molecular weight excluding hydrogens is 485 g/mol. The predicted molar refractivity (Wildman–Crippen MR) is 146 cm³/mol. The Balaban J connectivity index is 0.000000186. The van der Waals surface area contributed by atoms with Crippen molar-refractivity contribution in [2.24, 2.45) is 12.8 Å². The maximum Gasteiger partial charge on any atom is 0.317 e. The lowest BCUT2D eigenvalue weighted by Gasteiger charge is -2.15. The van der Waals surface area contributed by atoms with E-state index in [4.69, 9.17) is 10.5 Å². The van der Waals surface area contributed by atoms with Gasteiger partial charge in [-0.3, -0.25) is 10.00 Å².